The number of quaternary nitrogens is 3. The summed E-state index contributed by atoms with van der Waals surface area (Å²) in [6.45, 7) is 14.0. The lowest BCUT2D eigenvalue weighted by atomic mass is 10.6. The standard InChI is InChI=1S/C8H16N7O4/c1-9-14(10-2)16-5-13(6-17-14)7-18-15(11-3,12-4)19-8-13/h1-8H2/q+3. The Hall–Kier alpha value is -1.60. The molecule has 19 heavy (non-hydrogen) atoms. The van der Waals surface area contributed by atoms with Crippen LogP contribution in [0, 0.1) is 0 Å². The van der Waals surface area contributed by atoms with Crippen LogP contribution in [0.1, 0.15) is 0 Å². The third-order valence-corrected chi connectivity index (χ3v) is 2.71. The third-order valence-electron chi connectivity index (χ3n) is 2.71. The van der Waals surface area contributed by atoms with Gasteiger partial charge in [-0.2, -0.15) is 0 Å². The highest BCUT2D eigenvalue weighted by Crippen LogP contribution is 2.29. The largest absolute Gasteiger partial charge is 0.252 e. The molecule has 0 saturated carbocycles. The fourth-order valence-electron chi connectivity index (χ4n) is 1.50. The SMILES string of the molecule is C=N[N+]1(N=C)OC[N+]2(CO1)CO[N+](N=C)(N=C)OC2. The Kier molecular flexibility index (Phi) is 3.51. The lowest BCUT2D eigenvalue weighted by Crippen LogP contribution is -2.67. The van der Waals surface area contributed by atoms with E-state index in [-0.39, 0.29) is 31.4 Å². The fraction of sp³-hybridized carbons (Fsp3) is 0.500. The zero-order chi connectivity index (χ0) is 14.0. The molecule has 0 amide bonds. The van der Waals surface area contributed by atoms with E-state index in [4.69, 9.17) is 19.4 Å². The maximum atomic E-state index is 5.36. The molecule has 104 valence electrons. The van der Waals surface area contributed by atoms with Gasteiger partial charge in [-0.25, -0.2) is 4.48 Å². The van der Waals surface area contributed by atoms with Crippen molar-refractivity contribution >= 4 is 26.9 Å². The Balaban J connectivity index is 2.02. The first-order chi connectivity index (χ1) is 9.07. The van der Waals surface area contributed by atoms with E-state index in [0.29, 0.717) is 0 Å². The number of nitrogens with zero attached hydrogens (tertiary/aromatic N) is 7. The van der Waals surface area contributed by atoms with Crippen LogP contribution >= 0.6 is 0 Å². The summed E-state index contributed by atoms with van der Waals surface area (Å²) < 4.78 is 0.204. The van der Waals surface area contributed by atoms with Crippen LogP contribution in [0.5, 0.6) is 0 Å². The highest BCUT2D eigenvalue weighted by molar-refractivity contribution is 5.23. The maximum absolute atomic E-state index is 5.36. The summed E-state index contributed by atoms with van der Waals surface area (Å²) in [5.41, 5.74) is 0. The Morgan fingerprint density at radius 2 is 0.842 bits per heavy atom. The Bertz CT molecular complexity index is 336. The average Bonchev–Trinajstić information content (AvgIpc) is 2.50. The van der Waals surface area contributed by atoms with Crippen LogP contribution < -0.4 is 0 Å². The molecule has 2 fully saturated rings. The lowest BCUT2D eigenvalue weighted by Gasteiger charge is -2.41. The summed E-state index contributed by atoms with van der Waals surface area (Å²) >= 11 is 0. The normalized spacial score (nSPS) is 27.4. The van der Waals surface area contributed by atoms with Gasteiger partial charge in [-0.3, -0.25) is 0 Å². The zero-order valence-corrected chi connectivity index (χ0v) is 10.4. The molecule has 11 heteroatoms. The molecule has 0 aromatic rings. The molecule has 0 bridgehead atoms. The quantitative estimate of drug-likeness (QED) is 0.510. The monoisotopic (exact) mass is 274 g/mol. The van der Waals surface area contributed by atoms with Gasteiger partial charge in [0.05, 0.1) is 26.9 Å². The van der Waals surface area contributed by atoms with Crippen LogP contribution in [0.4, 0.5) is 0 Å². The highest BCUT2D eigenvalue weighted by atomic mass is 17.1. The lowest BCUT2D eigenvalue weighted by molar-refractivity contribution is -1.36. The van der Waals surface area contributed by atoms with Gasteiger partial charge in [0, 0.05) is 20.4 Å². The van der Waals surface area contributed by atoms with Crippen molar-refractivity contribution in [3.05, 3.63) is 0 Å². The fourth-order valence-corrected chi connectivity index (χ4v) is 1.50. The van der Waals surface area contributed by atoms with Crippen molar-refractivity contribution in [3.8, 4) is 0 Å². The van der Waals surface area contributed by atoms with Crippen molar-refractivity contribution in [2.45, 2.75) is 0 Å². The van der Waals surface area contributed by atoms with Gasteiger partial charge in [0.25, 0.3) is 26.9 Å². The molecule has 0 radical (unpaired) electrons. The molecule has 0 aromatic heterocycles. The van der Waals surface area contributed by atoms with Gasteiger partial charge >= 0.3 is 0 Å². The minimum Gasteiger partial charge on any atom is -0.215 e. The topological polar surface area (TPSA) is 86.4 Å². The van der Waals surface area contributed by atoms with Crippen molar-refractivity contribution in [3.63, 3.8) is 0 Å². The van der Waals surface area contributed by atoms with E-state index >= 15 is 0 Å². The molecule has 0 atom stereocenters. The molecule has 11 nitrogen and oxygen atoms in total. The molecule has 2 aliphatic rings. The summed E-state index contributed by atoms with van der Waals surface area (Å²) in [6, 6.07) is 0. The van der Waals surface area contributed by atoms with Gasteiger partial charge in [0.2, 0.25) is 10.1 Å². The first kappa shape index (κ1) is 13.8. The molecule has 0 aliphatic carbocycles. The second kappa shape index (κ2) is 4.82. The van der Waals surface area contributed by atoms with Crippen LogP contribution in [0.25, 0.3) is 0 Å². The van der Waals surface area contributed by atoms with Gasteiger partial charge in [-0.05, 0) is 19.4 Å². The van der Waals surface area contributed by atoms with Crippen molar-refractivity contribution in [2.24, 2.45) is 20.4 Å². The highest BCUT2D eigenvalue weighted by Gasteiger charge is 2.54. The van der Waals surface area contributed by atoms with E-state index in [1.54, 1.807) is 0 Å². The second-order valence-corrected chi connectivity index (χ2v) is 3.92. The summed E-state index contributed by atoms with van der Waals surface area (Å²) in [5.74, 6) is 0. The molecule has 0 aromatic carbocycles. The van der Waals surface area contributed by atoms with Crippen LogP contribution in [-0.2, 0) is 19.4 Å². The third kappa shape index (κ3) is 2.31. The van der Waals surface area contributed by atoms with Gasteiger partial charge in [-0.1, -0.05) is 0 Å². The Labute approximate surface area is 109 Å². The minimum absolute atomic E-state index is 0.173. The van der Waals surface area contributed by atoms with E-state index in [1.165, 1.54) is 0 Å². The minimum atomic E-state index is -0.778. The first-order valence-corrected chi connectivity index (χ1v) is 5.21. The second-order valence-electron chi connectivity index (χ2n) is 3.92. The summed E-state index contributed by atoms with van der Waals surface area (Å²) in [4.78, 5) is 21.4. The summed E-state index contributed by atoms with van der Waals surface area (Å²) in [5, 5.41) is 12.8. The molecule has 2 aliphatic heterocycles. The molecule has 2 rings (SSSR count). The van der Waals surface area contributed by atoms with E-state index in [2.05, 4.69) is 47.3 Å². The maximum Gasteiger partial charge on any atom is 0.252 e. The average molecular weight is 274 g/mol. The van der Waals surface area contributed by atoms with Crippen molar-refractivity contribution in [1.82, 2.24) is 0 Å². The predicted molar refractivity (Wildman–Crippen MR) is 62.8 cm³/mol. The zero-order valence-electron chi connectivity index (χ0n) is 10.4. The van der Waals surface area contributed by atoms with Crippen molar-refractivity contribution in [2.75, 3.05) is 26.9 Å². The number of rotatable bonds is 4. The van der Waals surface area contributed by atoms with Crippen molar-refractivity contribution < 1.29 is 33.9 Å². The molecule has 0 unspecified atom stereocenters. The summed E-state index contributed by atoms with van der Waals surface area (Å²) in [6.07, 6.45) is 0. The van der Waals surface area contributed by atoms with E-state index in [0.717, 1.165) is 0 Å². The van der Waals surface area contributed by atoms with Crippen LogP contribution in [0.3, 0.4) is 0 Å². The molecule has 1 spiro atoms. The van der Waals surface area contributed by atoms with E-state index in [9.17, 15) is 0 Å². The summed E-state index contributed by atoms with van der Waals surface area (Å²) in [7, 11) is 0. The van der Waals surface area contributed by atoms with Crippen molar-refractivity contribution in [1.29, 1.82) is 0 Å². The van der Waals surface area contributed by atoms with Gasteiger partial charge in [0.15, 0.2) is 0 Å². The molecule has 2 saturated heterocycles. The number of hydrogen-bond acceptors (Lipinski definition) is 8. The smallest absolute Gasteiger partial charge is 0.215 e. The van der Waals surface area contributed by atoms with Gasteiger partial charge in [0.1, 0.15) is 0 Å². The first-order valence-electron chi connectivity index (χ1n) is 5.21. The molecular formula is C8H16N7O4+3. The van der Waals surface area contributed by atoms with Crippen LogP contribution in [0.2, 0.25) is 0 Å². The van der Waals surface area contributed by atoms with Crippen LogP contribution in [-0.4, -0.2) is 68.3 Å². The molecule has 0 N–H and O–H groups in total. The molecular weight excluding hydrogens is 258 g/mol. The van der Waals surface area contributed by atoms with Crippen LogP contribution in [0.15, 0.2) is 20.4 Å². The Morgan fingerprint density at radius 1 is 0.579 bits per heavy atom. The Morgan fingerprint density at radius 3 is 1.05 bits per heavy atom. The predicted octanol–water partition coefficient (Wildman–Crippen LogP) is -0.517. The van der Waals surface area contributed by atoms with Gasteiger partial charge in [-0.15, -0.1) is 0 Å². The van der Waals surface area contributed by atoms with Gasteiger partial charge < -0.3 is 0 Å². The van der Waals surface area contributed by atoms with E-state index < -0.39 is 10.1 Å². The van der Waals surface area contributed by atoms with E-state index in [1.807, 2.05) is 0 Å². The molecule has 2 heterocycles. The number of hydrogen-bond donors (Lipinski definition) is 0.